The molecule has 2 amide bonds. The summed E-state index contributed by atoms with van der Waals surface area (Å²) in [7, 11) is 0. The highest BCUT2D eigenvalue weighted by atomic mass is 16.3. The fourth-order valence-electron chi connectivity index (χ4n) is 4.07. The fraction of sp³-hybridized carbons (Fsp3) is 0.500. The molecule has 0 aliphatic carbocycles. The largest absolute Gasteiger partial charge is 0.462 e. The number of hydrogen-bond donors (Lipinski definition) is 1. The Bertz CT molecular complexity index is 845. The lowest BCUT2D eigenvalue weighted by atomic mass is 9.97. The maximum absolute atomic E-state index is 12.6. The van der Waals surface area contributed by atoms with Gasteiger partial charge in [0.25, 0.3) is 11.8 Å². The number of rotatable bonds is 3. The molecule has 1 N–H and O–H groups in total. The number of aromatic nitrogens is 1. The number of piperidine rings is 1. The van der Waals surface area contributed by atoms with Crippen molar-refractivity contribution in [1.29, 1.82) is 0 Å². The molecule has 0 spiro atoms. The first-order valence-electron chi connectivity index (χ1n) is 8.87. The number of nitrogens with zero attached hydrogens (tertiary/aromatic N) is 3. The summed E-state index contributed by atoms with van der Waals surface area (Å²) < 4.78 is 5.42. The van der Waals surface area contributed by atoms with Crippen LogP contribution in [0.4, 0.5) is 0 Å². The Morgan fingerprint density at radius 1 is 1.24 bits per heavy atom. The first-order chi connectivity index (χ1) is 12.2. The van der Waals surface area contributed by atoms with Crippen LogP contribution in [0.5, 0.6) is 0 Å². The molecule has 130 valence electrons. The van der Waals surface area contributed by atoms with Gasteiger partial charge in [0, 0.05) is 37.6 Å². The van der Waals surface area contributed by atoms with Crippen molar-refractivity contribution in [2.24, 2.45) is 5.92 Å². The molecular formula is C18H20N4O3. The Balaban J connectivity index is 1.37. The third-order valence-corrected chi connectivity index (χ3v) is 5.46. The molecule has 0 aromatic carbocycles. The van der Waals surface area contributed by atoms with Crippen LogP contribution in [0.3, 0.4) is 0 Å². The van der Waals surface area contributed by atoms with Crippen LogP contribution in [0.15, 0.2) is 22.9 Å². The normalized spacial score (nSPS) is 27.5. The minimum absolute atomic E-state index is 0.0482. The van der Waals surface area contributed by atoms with Gasteiger partial charge in [0.15, 0.2) is 5.58 Å². The number of pyridine rings is 1. The minimum atomic E-state index is -0.180. The SMILES string of the molecule is O=C(N[C@@H]1C[C@@H]2CCN(C2)C1)c1cc2c(C(=O)N3CC3)coc2cn1. The van der Waals surface area contributed by atoms with Crippen molar-refractivity contribution in [2.75, 3.05) is 32.7 Å². The van der Waals surface area contributed by atoms with Crippen LogP contribution in [0.25, 0.3) is 11.0 Å². The van der Waals surface area contributed by atoms with Crippen molar-refractivity contribution in [3.05, 3.63) is 29.8 Å². The number of carbonyl (C=O) groups excluding carboxylic acids is 2. The van der Waals surface area contributed by atoms with E-state index in [1.54, 1.807) is 11.0 Å². The summed E-state index contributed by atoms with van der Waals surface area (Å²) >= 11 is 0. The van der Waals surface area contributed by atoms with Crippen LogP contribution >= 0.6 is 0 Å². The van der Waals surface area contributed by atoms with E-state index in [9.17, 15) is 9.59 Å². The van der Waals surface area contributed by atoms with Crippen molar-refractivity contribution in [3.8, 4) is 0 Å². The van der Waals surface area contributed by atoms with E-state index in [0.29, 0.717) is 28.1 Å². The zero-order chi connectivity index (χ0) is 17.0. The molecule has 3 fully saturated rings. The summed E-state index contributed by atoms with van der Waals surface area (Å²) in [5.74, 6) is 0.467. The van der Waals surface area contributed by atoms with Crippen molar-refractivity contribution in [2.45, 2.75) is 18.9 Å². The van der Waals surface area contributed by atoms with Crippen molar-refractivity contribution < 1.29 is 14.0 Å². The highest BCUT2D eigenvalue weighted by Gasteiger charge is 2.33. The first kappa shape index (κ1) is 14.9. The van der Waals surface area contributed by atoms with Gasteiger partial charge in [-0.25, -0.2) is 4.98 Å². The van der Waals surface area contributed by atoms with E-state index in [1.807, 2.05) is 0 Å². The maximum Gasteiger partial charge on any atom is 0.270 e. The zero-order valence-electron chi connectivity index (χ0n) is 13.9. The third kappa shape index (κ3) is 2.68. The summed E-state index contributed by atoms with van der Waals surface area (Å²) in [6.45, 7) is 4.77. The molecule has 5 heterocycles. The molecule has 2 aromatic rings. The van der Waals surface area contributed by atoms with E-state index in [-0.39, 0.29) is 17.9 Å². The summed E-state index contributed by atoms with van der Waals surface area (Å²) in [6.07, 6.45) is 5.25. The monoisotopic (exact) mass is 340 g/mol. The second-order valence-electron chi connectivity index (χ2n) is 7.33. The van der Waals surface area contributed by atoms with E-state index in [1.165, 1.54) is 18.9 Å². The van der Waals surface area contributed by atoms with Crippen molar-refractivity contribution in [3.63, 3.8) is 0 Å². The molecule has 2 aromatic heterocycles. The summed E-state index contributed by atoms with van der Waals surface area (Å²) in [5, 5.41) is 3.76. The number of nitrogens with one attached hydrogen (secondary N) is 1. The molecule has 2 bridgehead atoms. The van der Waals surface area contributed by atoms with Crippen LogP contribution in [-0.2, 0) is 0 Å². The van der Waals surface area contributed by atoms with Gasteiger partial charge in [0.2, 0.25) is 0 Å². The number of amides is 2. The van der Waals surface area contributed by atoms with E-state index in [0.717, 1.165) is 39.1 Å². The number of fused-ring (bicyclic) bond motifs is 3. The number of furan rings is 1. The highest BCUT2D eigenvalue weighted by molar-refractivity contribution is 6.08. The molecule has 3 aliphatic rings. The topological polar surface area (TPSA) is 78.5 Å². The van der Waals surface area contributed by atoms with E-state index >= 15 is 0 Å². The van der Waals surface area contributed by atoms with Crippen LogP contribution in [0.1, 0.15) is 33.7 Å². The molecule has 5 rings (SSSR count). The Hall–Kier alpha value is -2.41. The lowest BCUT2D eigenvalue weighted by Gasteiger charge is -2.30. The van der Waals surface area contributed by atoms with Gasteiger partial charge in [-0.2, -0.15) is 0 Å². The van der Waals surface area contributed by atoms with Gasteiger partial charge < -0.3 is 19.5 Å². The molecular weight excluding hydrogens is 320 g/mol. The molecule has 7 nitrogen and oxygen atoms in total. The Labute approximate surface area is 145 Å². The van der Waals surface area contributed by atoms with Gasteiger partial charge in [-0.15, -0.1) is 0 Å². The van der Waals surface area contributed by atoms with Gasteiger partial charge in [-0.3, -0.25) is 9.59 Å². The predicted molar refractivity (Wildman–Crippen MR) is 90.3 cm³/mol. The van der Waals surface area contributed by atoms with Gasteiger partial charge in [-0.1, -0.05) is 0 Å². The second kappa shape index (κ2) is 5.56. The molecule has 1 unspecified atom stereocenters. The molecule has 3 saturated heterocycles. The third-order valence-electron chi connectivity index (χ3n) is 5.46. The quantitative estimate of drug-likeness (QED) is 0.847. The van der Waals surface area contributed by atoms with Gasteiger partial charge in [-0.05, 0) is 31.4 Å². The fourth-order valence-corrected chi connectivity index (χ4v) is 4.07. The van der Waals surface area contributed by atoms with Crippen molar-refractivity contribution in [1.82, 2.24) is 20.1 Å². The standard InChI is InChI=1S/C18H20N4O3/c23-17(20-12-5-11-1-2-21(8-11)9-12)15-6-13-14(18(24)22-3-4-22)10-25-16(13)7-19-15/h6-7,10-12H,1-5,8-9H2,(H,20,23)/t11-,12+/m0/s1. The number of carbonyl (C=O) groups is 2. The lowest BCUT2D eigenvalue weighted by Crippen LogP contribution is -2.47. The molecule has 0 radical (unpaired) electrons. The lowest BCUT2D eigenvalue weighted by molar-refractivity contribution is 0.0882. The Morgan fingerprint density at radius 2 is 2.12 bits per heavy atom. The minimum Gasteiger partial charge on any atom is -0.462 e. The van der Waals surface area contributed by atoms with E-state index in [4.69, 9.17) is 4.42 Å². The van der Waals surface area contributed by atoms with Crippen molar-refractivity contribution >= 4 is 22.8 Å². The molecule has 3 atom stereocenters. The highest BCUT2D eigenvalue weighted by Crippen LogP contribution is 2.27. The van der Waals surface area contributed by atoms with Crippen LogP contribution < -0.4 is 5.32 Å². The number of hydrogen-bond acceptors (Lipinski definition) is 5. The smallest absolute Gasteiger partial charge is 0.270 e. The average Bonchev–Trinajstić information content (AvgIpc) is 3.30. The average molecular weight is 340 g/mol. The molecule has 25 heavy (non-hydrogen) atoms. The molecule has 0 saturated carbocycles. The van der Waals surface area contributed by atoms with E-state index in [2.05, 4.69) is 15.2 Å². The Kier molecular flexibility index (Phi) is 3.31. The first-order valence-corrected chi connectivity index (χ1v) is 8.87. The maximum atomic E-state index is 12.6. The van der Waals surface area contributed by atoms with Crippen LogP contribution in [-0.4, -0.2) is 65.4 Å². The van der Waals surface area contributed by atoms with Gasteiger partial charge >= 0.3 is 0 Å². The zero-order valence-corrected chi connectivity index (χ0v) is 13.9. The van der Waals surface area contributed by atoms with Crippen LogP contribution in [0, 0.1) is 5.92 Å². The van der Waals surface area contributed by atoms with Gasteiger partial charge in [0.05, 0.1) is 11.8 Å². The van der Waals surface area contributed by atoms with Gasteiger partial charge in [0.1, 0.15) is 12.0 Å². The van der Waals surface area contributed by atoms with E-state index < -0.39 is 0 Å². The second-order valence-corrected chi connectivity index (χ2v) is 7.33. The molecule has 7 heteroatoms. The summed E-state index contributed by atoms with van der Waals surface area (Å²) in [6, 6.07) is 1.84. The predicted octanol–water partition coefficient (Wildman–Crippen LogP) is 1.11. The Morgan fingerprint density at radius 3 is 2.92 bits per heavy atom. The molecule has 3 aliphatic heterocycles. The van der Waals surface area contributed by atoms with Crippen LogP contribution in [0.2, 0.25) is 0 Å². The summed E-state index contributed by atoms with van der Waals surface area (Å²) in [4.78, 5) is 33.3. The summed E-state index contributed by atoms with van der Waals surface area (Å²) in [5.41, 5.74) is 1.37.